The van der Waals surface area contributed by atoms with E-state index in [4.69, 9.17) is 0 Å². The molecule has 0 spiro atoms. The van der Waals surface area contributed by atoms with Crippen molar-refractivity contribution in [3.8, 4) is 0 Å². The SMILES string of the molecule is CCCCCC[n+]1ccn(CC)c1.CCCCCCn1cc[n+](C)c1. The standard InChI is InChI=1S/C11H21N2.C10H19N2/c1-3-5-6-7-8-13-10-9-12(4-2)11-13;1-3-4-5-6-7-12-9-8-11(2)10-12/h9-11H,3-8H2,1-2H3;8-10H,3-7H2,1-2H3/q2*+1. The summed E-state index contributed by atoms with van der Waals surface area (Å²) in [4.78, 5) is 0. The summed E-state index contributed by atoms with van der Waals surface area (Å²) in [6.07, 6.45) is 23.6. The van der Waals surface area contributed by atoms with Crippen LogP contribution < -0.4 is 9.13 Å². The second-order valence-corrected chi connectivity index (χ2v) is 6.92. The molecule has 0 N–H and O–H groups in total. The molecule has 0 saturated carbocycles. The van der Waals surface area contributed by atoms with Gasteiger partial charge in [0, 0.05) is 0 Å². The lowest BCUT2D eigenvalue weighted by Gasteiger charge is -1.95. The minimum atomic E-state index is 1.07. The number of aryl methyl sites for hydroxylation is 4. The third kappa shape index (κ3) is 10.1. The molecule has 0 aliphatic carbocycles. The third-order valence-corrected chi connectivity index (χ3v) is 4.47. The van der Waals surface area contributed by atoms with Gasteiger partial charge >= 0.3 is 0 Å². The fraction of sp³-hybridized carbons (Fsp3) is 0.714. The summed E-state index contributed by atoms with van der Waals surface area (Å²) < 4.78 is 8.81. The van der Waals surface area contributed by atoms with Crippen LogP contribution in [0.3, 0.4) is 0 Å². The number of rotatable bonds is 11. The second-order valence-electron chi connectivity index (χ2n) is 6.92. The van der Waals surface area contributed by atoms with Gasteiger partial charge in [0.15, 0.2) is 0 Å². The first-order chi connectivity index (χ1) is 12.2. The number of unbranched alkanes of at least 4 members (excludes halogenated alkanes) is 6. The van der Waals surface area contributed by atoms with E-state index in [1.807, 2.05) is 0 Å². The van der Waals surface area contributed by atoms with Crippen LogP contribution in [0.5, 0.6) is 0 Å². The normalized spacial score (nSPS) is 10.6. The predicted molar refractivity (Wildman–Crippen MR) is 104 cm³/mol. The first-order valence-electron chi connectivity index (χ1n) is 10.2. The van der Waals surface area contributed by atoms with Crippen molar-refractivity contribution >= 4 is 0 Å². The largest absolute Gasteiger partial charge is 0.243 e. The number of nitrogens with zero attached hydrogens (tertiary/aromatic N) is 4. The van der Waals surface area contributed by atoms with E-state index in [1.165, 1.54) is 64.5 Å². The lowest BCUT2D eigenvalue weighted by molar-refractivity contribution is -0.696. The zero-order valence-corrected chi connectivity index (χ0v) is 17.0. The lowest BCUT2D eigenvalue weighted by atomic mass is 10.2. The Morgan fingerprint density at radius 2 is 1.40 bits per heavy atom. The van der Waals surface area contributed by atoms with E-state index in [2.05, 4.69) is 83.5 Å². The summed E-state index contributed by atoms with van der Waals surface area (Å²) in [5.74, 6) is 0. The van der Waals surface area contributed by atoms with E-state index < -0.39 is 0 Å². The molecule has 0 amide bonds. The van der Waals surface area contributed by atoms with Crippen molar-refractivity contribution in [3.05, 3.63) is 37.4 Å². The van der Waals surface area contributed by atoms with Crippen LogP contribution in [0.4, 0.5) is 0 Å². The highest BCUT2D eigenvalue weighted by atomic mass is 15.1. The average Bonchev–Trinajstić information content (AvgIpc) is 3.25. The Labute approximate surface area is 155 Å². The molecule has 0 bridgehead atoms. The molecular formula is C21H40N4+2. The van der Waals surface area contributed by atoms with Crippen LogP contribution in [-0.4, -0.2) is 9.13 Å². The molecule has 25 heavy (non-hydrogen) atoms. The molecule has 2 heterocycles. The smallest absolute Gasteiger partial charge is 0.240 e. The van der Waals surface area contributed by atoms with Gasteiger partial charge in [0.25, 0.3) is 0 Å². The molecule has 4 heteroatoms. The van der Waals surface area contributed by atoms with Crippen LogP contribution in [0, 0.1) is 0 Å². The molecule has 0 atom stereocenters. The quantitative estimate of drug-likeness (QED) is 0.426. The van der Waals surface area contributed by atoms with E-state index in [0.29, 0.717) is 0 Å². The highest BCUT2D eigenvalue weighted by molar-refractivity contribution is 4.65. The first-order valence-corrected chi connectivity index (χ1v) is 10.2. The van der Waals surface area contributed by atoms with Gasteiger partial charge in [-0.1, -0.05) is 39.5 Å². The van der Waals surface area contributed by atoms with Crippen LogP contribution in [0.25, 0.3) is 0 Å². The molecule has 0 fully saturated rings. The molecule has 2 aromatic rings. The molecule has 2 rings (SSSR count). The van der Waals surface area contributed by atoms with Gasteiger partial charge in [-0.3, -0.25) is 0 Å². The molecule has 4 nitrogen and oxygen atoms in total. The van der Waals surface area contributed by atoms with Crippen LogP contribution in [0.1, 0.15) is 72.1 Å². The minimum absolute atomic E-state index is 1.07. The van der Waals surface area contributed by atoms with Gasteiger partial charge in [0.2, 0.25) is 12.7 Å². The van der Waals surface area contributed by atoms with E-state index in [-0.39, 0.29) is 0 Å². The Kier molecular flexibility index (Phi) is 11.7. The Hall–Kier alpha value is -1.58. The van der Waals surface area contributed by atoms with Gasteiger partial charge in [-0.15, -0.1) is 0 Å². The highest BCUT2D eigenvalue weighted by Gasteiger charge is 2.00. The summed E-state index contributed by atoms with van der Waals surface area (Å²) in [7, 11) is 2.06. The molecule has 0 saturated heterocycles. The Morgan fingerprint density at radius 1 is 0.720 bits per heavy atom. The van der Waals surface area contributed by atoms with Gasteiger partial charge in [-0.05, 0) is 32.6 Å². The van der Waals surface area contributed by atoms with Crippen molar-refractivity contribution in [2.75, 3.05) is 0 Å². The van der Waals surface area contributed by atoms with Gasteiger partial charge in [-0.25, -0.2) is 18.3 Å². The van der Waals surface area contributed by atoms with Gasteiger partial charge < -0.3 is 0 Å². The third-order valence-electron chi connectivity index (χ3n) is 4.47. The summed E-state index contributed by atoms with van der Waals surface area (Å²) >= 11 is 0. The van der Waals surface area contributed by atoms with Gasteiger partial charge in [0.1, 0.15) is 24.8 Å². The van der Waals surface area contributed by atoms with Crippen molar-refractivity contribution in [3.63, 3.8) is 0 Å². The van der Waals surface area contributed by atoms with Crippen LogP contribution >= 0.6 is 0 Å². The van der Waals surface area contributed by atoms with E-state index in [0.717, 1.165) is 6.54 Å². The first kappa shape index (κ1) is 21.5. The maximum absolute atomic E-state index is 2.28. The van der Waals surface area contributed by atoms with Crippen molar-refractivity contribution < 1.29 is 9.13 Å². The van der Waals surface area contributed by atoms with Crippen molar-refractivity contribution in [2.45, 2.75) is 91.8 Å². The Morgan fingerprint density at radius 3 is 1.96 bits per heavy atom. The Balaban J connectivity index is 0.000000251. The second kappa shape index (κ2) is 13.7. The van der Waals surface area contributed by atoms with Crippen molar-refractivity contribution in [1.82, 2.24) is 9.13 Å². The molecule has 0 radical (unpaired) electrons. The molecule has 0 aromatic carbocycles. The molecular weight excluding hydrogens is 308 g/mol. The molecule has 0 aliphatic rings. The highest BCUT2D eigenvalue weighted by Crippen LogP contribution is 2.00. The fourth-order valence-electron chi connectivity index (χ4n) is 2.83. The lowest BCUT2D eigenvalue weighted by Crippen LogP contribution is -2.30. The topological polar surface area (TPSA) is 17.6 Å². The monoisotopic (exact) mass is 348 g/mol. The number of imidazole rings is 2. The zero-order valence-electron chi connectivity index (χ0n) is 17.0. The number of hydrogen-bond acceptors (Lipinski definition) is 0. The maximum atomic E-state index is 2.28. The number of aromatic nitrogens is 4. The Bertz CT molecular complexity index is 542. The van der Waals surface area contributed by atoms with Crippen LogP contribution in [-0.2, 0) is 26.7 Å². The molecule has 142 valence electrons. The van der Waals surface area contributed by atoms with Gasteiger partial charge in [0.05, 0.1) is 26.7 Å². The van der Waals surface area contributed by atoms with E-state index in [1.54, 1.807) is 0 Å². The summed E-state index contributed by atoms with van der Waals surface area (Å²) in [5, 5.41) is 0. The van der Waals surface area contributed by atoms with Crippen molar-refractivity contribution in [1.29, 1.82) is 0 Å². The van der Waals surface area contributed by atoms with E-state index >= 15 is 0 Å². The molecule has 2 aromatic heterocycles. The summed E-state index contributed by atoms with van der Waals surface area (Å²) in [5.41, 5.74) is 0. The van der Waals surface area contributed by atoms with Gasteiger partial charge in [-0.2, -0.15) is 0 Å². The molecule has 0 aliphatic heterocycles. The average molecular weight is 349 g/mol. The fourth-order valence-corrected chi connectivity index (χ4v) is 2.83. The van der Waals surface area contributed by atoms with Crippen molar-refractivity contribution in [2.24, 2.45) is 7.05 Å². The zero-order chi connectivity index (χ0) is 18.3. The number of hydrogen-bond donors (Lipinski definition) is 0. The molecule has 0 unspecified atom stereocenters. The van der Waals surface area contributed by atoms with Crippen LogP contribution in [0.15, 0.2) is 37.4 Å². The maximum Gasteiger partial charge on any atom is 0.243 e. The predicted octanol–water partition coefficient (Wildman–Crippen LogP) is 4.27. The summed E-state index contributed by atoms with van der Waals surface area (Å²) in [6, 6.07) is 0. The van der Waals surface area contributed by atoms with Crippen LogP contribution in [0.2, 0.25) is 0 Å². The summed E-state index contributed by atoms with van der Waals surface area (Å²) in [6.45, 7) is 10.1. The van der Waals surface area contributed by atoms with E-state index in [9.17, 15) is 0 Å². The minimum Gasteiger partial charge on any atom is -0.240 e.